The Morgan fingerprint density at radius 1 is 1.03 bits per heavy atom. The topological polar surface area (TPSA) is 86.9 Å². The van der Waals surface area contributed by atoms with Crippen molar-refractivity contribution in [3.8, 4) is 11.5 Å². The molecule has 0 fully saturated rings. The van der Waals surface area contributed by atoms with Crippen LogP contribution in [0.5, 0.6) is 11.5 Å². The van der Waals surface area contributed by atoms with Crippen LogP contribution in [-0.4, -0.2) is 39.6 Å². The number of hydrogen-bond acceptors (Lipinski definition) is 5. The molecule has 0 bridgehead atoms. The van der Waals surface area contributed by atoms with Crippen LogP contribution in [0.4, 0.5) is 0 Å². The second-order valence-corrected chi connectivity index (χ2v) is 7.56. The molecule has 3 heterocycles. The van der Waals surface area contributed by atoms with Crippen molar-refractivity contribution in [3.05, 3.63) is 70.8 Å². The molecule has 1 amide bonds. The van der Waals surface area contributed by atoms with Gasteiger partial charge in [0, 0.05) is 31.9 Å². The highest BCUT2D eigenvalue weighted by Gasteiger charge is 2.13. The maximum absolute atomic E-state index is 12.9. The van der Waals surface area contributed by atoms with Crippen LogP contribution in [0.3, 0.4) is 0 Å². The minimum absolute atomic E-state index is 0.114. The first-order valence-corrected chi connectivity index (χ1v) is 11.2. The number of fused-ring (bicyclic) bond motifs is 3. The summed E-state index contributed by atoms with van der Waals surface area (Å²) in [6.07, 6.45) is 4.35. The zero-order valence-electron chi connectivity index (χ0n) is 18.9. The van der Waals surface area contributed by atoms with Crippen LogP contribution in [0.25, 0.3) is 16.7 Å². The van der Waals surface area contributed by atoms with Gasteiger partial charge in [-0.25, -0.2) is 4.98 Å². The first-order valence-electron chi connectivity index (χ1n) is 11.2. The Morgan fingerprint density at radius 3 is 2.64 bits per heavy atom. The molecule has 0 aliphatic heterocycles. The van der Waals surface area contributed by atoms with Gasteiger partial charge < -0.3 is 19.2 Å². The van der Waals surface area contributed by atoms with Crippen LogP contribution < -0.4 is 20.3 Å². The van der Waals surface area contributed by atoms with E-state index in [4.69, 9.17) is 9.47 Å². The van der Waals surface area contributed by atoms with Crippen molar-refractivity contribution < 1.29 is 14.3 Å². The Hall–Kier alpha value is -3.81. The summed E-state index contributed by atoms with van der Waals surface area (Å²) in [7, 11) is 0. The van der Waals surface area contributed by atoms with Crippen molar-refractivity contribution >= 4 is 22.6 Å². The second-order valence-electron chi connectivity index (χ2n) is 7.56. The van der Waals surface area contributed by atoms with E-state index in [1.807, 2.05) is 60.8 Å². The molecule has 0 atom stereocenters. The van der Waals surface area contributed by atoms with Gasteiger partial charge in [0.05, 0.1) is 18.7 Å². The van der Waals surface area contributed by atoms with Crippen molar-refractivity contribution in [2.24, 2.45) is 0 Å². The highest BCUT2D eigenvalue weighted by Crippen LogP contribution is 2.28. The summed E-state index contributed by atoms with van der Waals surface area (Å²) >= 11 is 0. The summed E-state index contributed by atoms with van der Waals surface area (Å²) in [5, 5.41) is 2.94. The third-order valence-electron chi connectivity index (χ3n) is 5.40. The number of hydrogen-bond donors (Lipinski definition) is 1. The molecule has 172 valence electrons. The molecular weight excluding hydrogens is 420 g/mol. The fourth-order valence-electron chi connectivity index (χ4n) is 3.89. The van der Waals surface area contributed by atoms with E-state index in [2.05, 4.69) is 10.3 Å². The van der Waals surface area contributed by atoms with Gasteiger partial charge in [-0.15, -0.1) is 0 Å². The summed E-state index contributed by atoms with van der Waals surface area (Å²) in [4.78, 5) is 29.8. The zero-order chi connectivity index (χ0) is 23.2. The molecule has 33 heavy (non-hydrogen) atoms. The molecule has 0 saturated heterocycles. The van der Waals surface area contributed by atoms with Gasteiger partial charge in [0.1, 0.15) is 5.52 Å². The lowest BCUT2D eigenvalue weighted by atomic mass is 10.1. The van der Waals surface area contributed by atoms with Crippen LogP contribution in [0, 0.1) is 0 Å². The molecule has 4 rings (SSSR count). The summed E-state index contributed by atoms with van der Waals surface area (Å²) in [6.45, 7) is 5.74. The predicted octanol–water partition coefficient (Wildman–Crippen LogP) is 3.20. The van der Waals surface area contributed by atoms with Gasteiger partial charge in [0.15, 0.2) is 17.1 Å². The molecule has 0 unspecified atom stereocenters. The number of carbonyl (C=O) groups is 1. The Labute approximate surface area is 191 Å². The van der Waals surface area contributed by atoms with Crippen molar-refractivity contribution in [3.63, 3.8) is 0 Å². The highest BCUT2D eigenvalue weighted by atomic mass is 16.5. The molecule has 0 saturated carbocycles. The number of aryl methyl sites for hydroxylation is 1. The molecule has 3 aromatic heterocycles. The lowest BCUT2D eigenvalue weighted by molar-refractivity contribution is -0.121. The van der Waals surface area contributed by atoms with Crippen LogP contribution >= 0.6 is 0 Å². The molecule has 8 heteroatoms. The maximum Gasteiger partial charge on any atom is 0.276 e. The molecule has 1 N–H and O–H groups in total. The Balaban J connectivity index is 1.39. The SMILES string of the molecule is CCOc1ccc(CCNC(=O)CCn2c(=O)c3cccn3c3cccnc32)cc1OCC. The summed E-state index contributed by atoms with van der Waals surface area (Å²) in [5.41, 5.74) is 2.86. The van der Waals surface area contributed by atoms with Crippen LogP contribution in [0.2, 0.25) is 0 Å². The summed E-state index contributed by atoms with van der Waals surface area (Å²) in [5.74, 6) is 1.32. The average molecular weight is 449 g/mol. The molecular formula is C25H28N4O4. The van der Waals surface area contributed by atoms with Gasteiger partial charge in [-0.3, -0.25) is 14.2 Å². The van der Waals surface area contributed by atoms with Gasteiger partial charge >= 0.3 is 0 Å². The van der Waals surface area contributed by atoms with Gasteiger partial charge in [0.2, 0.25) is 5.91 Å². The van der Waals surface area contributed by atoms with E-state index in [-0.39, 0.29) is 24.4 Å². The summed E-state index contributed by atoms with van der Waals surface area (Å²) < 4.78 is 14.7. The van der Waals surface area contributed by atoms with Gasteiger partial charge in [0.25, 0.3) is 5.56 Å². The van der Waals surface area contributed by atoms with Crippen LogP contribution in [-0.2, 0) is 17.8 Å². The van der Waals surface area contributed by atoms with E-state index in [1.54, 1.807) is 16.8 Å². The smallest absolute Gasteiger partial charge is 0.276 e. The molecule has 0 aliphatic rings. The lowest BCUT2D eigenvalue weighted by Crippen LogP contribution is -2.29. The number of ether oxygens (including phenoxy) is 2. The normalized spacial score (nSPS) is 11.1. The quantitative estimate of drug-likeness (QED) is 0.403. The van der Waals surface area contributed by atoms with E-state index in [0.717, 1.165) is 16.8 Å². The lowest BCUT2D eigenvalue weighted by Gasteiger charge is -2.13. The van der Waals surface area contributed by atoms with Gasteiger partial charge in [-0.05, 0) is 62.2 Å². The second kappa shape index (κ2) is 10.2. The van der Waals surface area contributed by atoms with Gasteiger partial charge in [-0.2, -0.15) is 0 Å². The van der Waals surface area contributed by atoms with E-state index in [9.17, 15) is 9.59 Å². The van der Waals surface area contributed by atoms with Gasteiger partial charge in [-0.1, -0.05) is 6.07 Å². The van der Waals surface area contributed by atoms with Crippen LogP contribution in [0.1, 0.15) is 25.8 Å². The first-order chi connectivity index (χ1) is 16.1. The van der Waals surface area contributed by atoms with Crippen molar-refractivity contribution in [1.29, 1.82) is 0 Å². The highest BCUT2D eigenvalue weighted by molar-refractivity contribution is 5.77. The maximum atomic E-state index is 12.9. The number of rotatable bonds is 10. The number of amides is 1. The number of benzene rings is 1. The predicted molar refractivity (Wildman–Crippen MR) is 127 cm³/mol. The minimum Gasteiger partial charge on any atom is -0.490 e. The number of pyridine rings is 1. The number of nitrogens with one attached hydrogen (secondary N) is 1. The van der Waals surface area contributed by atoms with Crippen molar-refractivity contribution in [1.82, 2.24) is 19.3 Å². The van der Waals surface area contributed by atoms with Crippen LogP contribution in [0.15, 0.2) is 59.7 Å². The summed E-state index contributed by atoms with van der Waals surface area (Å²) in [6, 6.07) is 13.2. The third kappa shape index (κ3) is 4.84. The molecule has 0 spiro atoms. The zero-order valence-corrected chi connectivity index (χ0v) is 18.9. The van der Waals surface area contributed by atoms with Crippen molar-refractivity contribution in [2.75, 3.05) is 19.8 Å². The molecule has 4 aromatic rings. The monoisotopic (exact) mass is 448 g/mol. The average Bonchev–Trinajstić information content (AvgIpc) is 3.32. The first kappa shape index (κ1) is 22.4. The van der Waals surface area contributed by atoms with E-state index >= 15 is 0 Å². The fraction of sp³-hybridized carbons (Fsp3) is 0.320. The van der Waals surface area contributed by atoms with Crippen molar-refractivity contribution in [2.45, 2.75) is 33.2 Å². The largest absolute Gasteiger partial charge is 0.490 e. The minimum atomic E-state index is -0.156. The molecule has 8 nitrogen and oxygen atoms in total. The van der Waals surface area contributed by atoms with E-state index in [1.165, 1.54) is 0 Å². The number of carbonyl (C=O) groups excluding carboxylic acids is 1. The van der Waals surface area contributed by atoms with E-state index in [0.29, 0.717) is 43.1 Å². The Bertz CT molecular complexity index is 1330. The third-order valence-corrected chi connectivity index (χ3v) is 5.40. The fourth-order valence-corrected chi connectivity index (χ4v) is 3.89. The number of aromatic nitrogens is 3. The molecule has 1 aromatic carbocycles. The molecule has 0 radical (unpaired) electrons. The Morgan fingerprint density at radius 2 is 1.82 bits per heavy atom. The Kier molecular flexibility index (Phi) is 6.92. The van der Waals surface area contributed by atoms with E-state index < -0.39 is 0 Å². The standard InChI is InChI=1S/C25H28N4O4/c1-3-32-21-10-9-18(17-22(21)33-4-2)11-14-26-23(30)12-16-29-24-19(7-5-13-27-24)28-15-6-8-20(28)25(29)31/h5-10,13,15,17H,3-4,11-12,14,16H2,1-2H3,(H,26,30). The number of nitrogens with zero attached hydrogens (tertiary/aromatic N) is 3. The molecule has 0 aliphatic carbocycles.